The summed E-state index contributed by atoms with van der Waals surface area (Å²) in [5, 5.41) is 0. The van der Waals surface area contributed by atoms with Crippen molar-refractivity contribution in [2.24, 2.45) is 23.5 Å². The zero-order valence-corrected chi connectivity index (χ0v) is 31.5. The van der Waals surface area contributed by atoms with Crippen LogP contribution < -0.4 is 10.6 Å². The number of amides is 1. The standard InChI is InChI=1S/C41H49F3N4O5S/c1-53-38(49)21-29-5-2-8-35(29)41(27-46-17-4-18-46,31-6-3-7-32(42)22-31)30-15-19-47(20-16-30)24-40(44)25-48(26-40)37-14-13-34(23-36(37)43)54(51,52)33-11-9-28(10-12-33)39(45)50/h3,6-7,9-14,22-23,29-30,35H,2,4-5,8,15-21,24-27H2,1H3,(H2,45,50)/t29-,35+,41+/m1/s1. The van der Waals surface area contributed by atoms with Crippen molar-refractivity contribution in [3.05, 3.63) is 89.5 Å². The van der Waals surface area contributed by atoms with E-state index in [1.807, 2.05) is 0 Å². The molecule has 0 radical (unpaired) electrons. The lowest BCUT2D eigenvalue weighted by Gasteiger charge is -2.54. The highest BCUT2D eigenvalue weighted by Crippen LogP contribution is 2.54. The molecule has 3 saturated heterocycles. The number of hydrogen-bond acceptors (Lipinski definition) is 8. The third kappa shape index (κ3) is 7.51. The largest absolute Gasteiger partial charge is 0.469 e. The van der Waals surface area contributed by atoms with Crippen molar-refractivity contribution < 1.29 is 35.9 Å². The van der Waals surface area contributed by atoms with E-state index in [9.17, 15) is 22.4 Å². The van der Waals surface area contributed by atoms with E-state index in [1.165, 1.54) is 49.6 Å². The fraction of sp³-hybridized carbons (Fsp3) is 0.512. The summed E-state index contributed by atoms with van der Waals surface area (Å²) < 4.78 is 78.0. The maximum atomic E-state index is 16.2. The summed E-state index contributed by atoms with van der Waals surface area (Å²) in [5.74, 6) is -1.40. The Balaban J connectivity index is 1.03. The second kappa shape index (κ2) is 15.3. The minimum absolute atomic E-state index is 0.0238. The van der Waals surface area contributed by atoms with Gasteiger partial charge in [-0.25, -0.2) is 21.6 Å². The number of piperidine rings is 1. The van der Waals surface area contributed by atoms with Crippen molar-refractivity contribution in [1.82, 2.24) is 9.80 Å². The van der Waals surface area contributed by atoms with Gasteiger partial charge >= 0.3 is 5.97 Å². The van der Waals surface area contributed by atoms with Crippen LogP contribution in [-0.2, 0) is 24.8 Å². The molecule has 1 saturated carbocycles. The molecule has 2 N–H and O–H groups in total. The third-order valence-corrected chi connectivity index (χ3v) is 14.3. The van der Waals surface area contributed by atoms with Crippen LogP contribution in [0.5, 0.6) is 0 Å². The molecule has 0 aromatic heterocycles. The van der Waals surface area contributed by atoms with Crippen LogP contribution in [0.2, 0.25) is 0 Å². The summed E-state index contributed by atoms with van der Waals surface area (Å²) in [7, 11) is -2.64. The molecular formula is C41H49F3N4O5S. The number of nitrogens with zero attached hydrogens (tertiary/aromatic N) is 3. The Hall–Kier alpha value is -3.94. The van der Waals surface area contributed by atoms with Crippen LogP contribution in [0.3, 0.4) is 0 Å². The number of carbonyl (C=O) groups is 2. The first-order valence-electron chi connectivity index (χ1n) is 19.0. The third-order valence-electron chi connectivity index (χ3n) is 12.6. The van der Waals surface area contributed by atoms with E-state index in [-0.39, 0.29) is 75.6 Å². The monoisotopic (exact) mass is 766 g/mol. The molecule has 3 aliphatic heterocycles. The van der Waals surface area contributed by atoms with Gasteiger partial charge in [-0.05, 0) is 136 Å². The van der Waals surface area contributed by atoms with Gasteiger partial charge in [-0.15, -0.1) is 0 Å². The van der Waals surface area contributed by atoms with E-state index in [2.05, 4.69) is 15.9 Å². The molecule has 0 bridgehead atoms. The number of halogens is 3. The predicted molar refractivity (Wildman–Crippen MR) is 199 cm³/mol. The Kier molecular flexibility index (Phi) is 10.9. The fourth-order valence-corrected chi connectivity index (χ4v) is 11.1. The number of esters is 1. The van der Waals surface area contributed by atoms with Crippen LogP contribution in [0, 0.1) is 29.4 Å². The molecule has 3 aromatic carbocycles. The van der Waals surface area contributed by atoms with Crippen molar-refractivity contribution in [3.8, 4) is 0 Å². The van der Waals surface area contributed by atoms with Crippen molar-refractivity contribution in [2.75, 3.05) is 64.4 Å². The molecule has 9 nitrogen and oxygen atoms in total. The molecular weight excluding hydrogens is 718 g/mol. The SMILES string of the molecule is COC(=O)C[C@H]1CCC[C@@H]1[C@](CN1CCC1)(c1cccc(F)c1)C1CCN(CC2(F)CN(c3ccc(S(=O)(=O)c4ccc(C(N)=O)cc4)cc3F)C2)CC1. The first-order chi connectivity index (χ1) is 25.8. The van der Waals surface area contributed by atoms with Crippen LogP contribution in [0.1, 0.15) is 60.9 Å². The highest BCUT2D eigenvalue weighted by atomic mass is 32.2. The van der Waals surface area contributed by atoms with Crippen molar-refractivity contribution in [3.63, 3.8) is 0 Å². The van der Waals surface area contributed by atoms with Gasteiger partial charge in [0.1, 0.15) is 11.6 Å². The van der Waals surface area contributed by atoms with Crippen LogP contribution in [0.25, 0.3) is 0 Å². The number of rotatable bonds is 13. The van der Waals surface area contributed by atoms with E-state index in [0.29, 0.717) is 19.5 Å². The normalized spacial score (nSPS) is 23.3. The number of sulfone groups is 1. The van der Waals surface area contributed by atoms with Gasteiger partial charge in [0.25, 0.3) is 0 Å². The average Bonchev–Trinajstić information content (AvgIpc) is 3.59. The minimum Gasteiger partial charge on any atom is -0.469 e. The predicted octanol–water partition coefficient (Wildman–Crippen LogP) is 5.76. The van der Waals surface area contributed by atoms with E-state index >= 15 is 8.78 Å². The molecule has 13 heteroatoms. The van der Waals surface area contributed by atoms with Gasteiger partial charge in [0.15, 0.2) is 5.67 Å². The first-order valence-corrected chi connectivity index (χ1v) is 20.5. The summed E-state index contributed by atoms with van der Waals surface area (Å²) >= 11 is 0. The number of carbonyl (C=O) groups excluding carboxylic acids is 2. The topological polar surface area (TPSA) is 113 Å². The Morgan fingerprint density at radius 2 is 1.59 bits per heavy atom. The minimum atomic E-state index is -4.07. The summed E-state index contributed by atoms with van der Waals surface area (Å²) in [6.45, 7) is 4.28. The summed E-state index contributed by atoms with van der Waals surface area (Å²) in [6, 6.07) is 15.8. The smallest absolute Gasteiger partial charge is 0.305 e. The Bertz CT molecular complexity index is 1960. The van der Waals surface area contributed by atoms with Gasteiger partial charge in [-0.2, -0.15) is 0 Å². The van der Waals surface area contributed by atoms with Gasteiger partial charge in [0.05, 0.1) is 35.7 Å². The first kappa shape index (κ1) is 38.3. The lowest BCUT2D eigenvalue weighted by molar-refractivity contribution is -0.142. The Labute approximate surface area is 315 Å². The number of benzene rings is 3. The fourth-order valence-electron chi connectivity index (χ4n) is 9.80. The molecule has 3 aromatic rings. The highest BCUT2D eigenvalue weighted by Gasteiger charge is 2.53. The molecule has 4 aliphatic rings. The number of ether oxygens (including phenoxy) is 1. The Morgan fingerprint density at radius 3 is 2.20 bits per heavy atom. The molecule has 1 aliphatic carbocycles. The summed E-state index contributed by atoms with van der Waals surface area (Å²) in [5.41, 5.74) is 4.60. The molecule has 7 rings (SSSR count). The van der Waals surface area contributed by atoms with Gasteiger partial charge in [-0.3, -0.25) is 14.5 Å². The lowest BCUT2D eigenvalue weighted by atomic mass is 9.56. The van der Waals surface area contributed by atoms with Crippen molar-refractivity contribution >= 4 is 27.4 Å². The molecule has 3 atom stereocenters. The van der Waals surface area contributed by atoms with Crippen molar-refractivity contribution in [1.29, 1.82) is 0 Å². The molecule has 1 amide bonds. The summed E-state index contributed by atoms with van der Waals surface area (Å²) in [6.07, 6.45) is 6.00. The molecule has 3 heterocycles. The van der Waals surface area contributed by atoms with E-state index in [4.69, 9.17) is 10.5 Å². The second-order valence-electron chi connectivity index (χ2n) is 15.8. The number of alkyl halides is 1. The van der Waals surface area contributed by atoms with E-state index in [0.717, 1.165) is 69.8 Å². The molecule has 4 fully saturated rings. The van der Waals surface area contributed by atoms with Crippen LogP contribution in [0.15, 0.2) is 76.5 Å². The van der Waals surface area contributed by atoms with E-state index in [1.54, 1.807) is 17.0 Å². The maximum Gasteiger partial charge on any atom is 0.305 e. The van der Waals surface area contributed by atoms with Crippen molar-refractivity contribution in [2.45, 2.75) is 65.8 Å². The molecule has 54 heavy (non-hydrogen) atoms. The quantitative estimate of drug-likeness (QED) is 0.219. The number of anilines is 1. The molecule has 290 valence electrons. The average molecular weight is 767 g/mol. The van der Waals surface area contributed by atoms with Gasteiger partial charge in [0, 0.05) is 30.5 Å². The molecule has 0 unspecified atom stereocenters. The van der Waals surface area contributed by atoms with Gasteiger partial charge < -0.3 is 20.3 Å². The Morgan fingerprint density at radius 1 is 0.889 bits per heavy atom. The number of hydrogen-bond donors (Lipinski definition) is 1. The van der Waals surface area contributed by atoms with Crippen LogP contribution >= 0.6 is 0 Å². The summed E-state index contributed by atoms with van der Waals surface area (Å²) in [4.78, 5) is 29.8. The second-order valence-corrected chi connectivity index (χ2v) is 17.8. The number of primary amides is 1. The zero-order valence-electron chi connectivity index (χ0n) is 30.7. The van der Waals surface area contributed by atoms with E-state index < -0.39 is 27.2 Å². The van der Waals surface area contributed by atoms with Gasteiger partial charge in [-0.1, -0.05) is 18.6 Å². The maximum absolute atomic E-state index is 16.2. The molecule has 0 spiro atoms. The highest BCUT2D eigenvalue weighted by molar-refractivity contribution is 7.91. The zero-order chi connectivity index (χ0) is 38.3. The van der Waals surface area contributed by atoms with Crippen LogP contribution in [0.4, 0.5) is 18.9 Å². The number of nitrogens with two attached hydrogens (primary N) is 1. The van der Waals surface area contributed by atoms with Crippen LogP contribution in [-0.4, -0.2) is 95.2 Å². The lowest BCUT2D eigenvalue weighted by Crippen LogP contribution is -2.65. The number of methoxy groups -OCH3 is 1. The van der Waals surface area contributed by atoms with Gasteiger partial charge in [0.2, 0.25) is 15.7 Å². The number of likely N-dealkylation sites (tertiary alicyclic amines) is 2.